The summed E-state index contributed by atoms with van der Waals surface area (Å²) in [6.45, 7) is 2.29. The van der Waals surface area contributed by atoms with Crippen LogP contribution < -0.4 is 0 Å². The van der Waals surface area contributed by atoms with Gasteiger partial charge in [-0.2, -0.15) is 0 Å². The Bertz CT molecular complexity index is 942. The van der Waals surface area contributed by atoms with Crippen LogP contribution in [-0.2, 0) is 6.54 Å². The summed E-state index contributed by atoms with van der Waals surface area (Å²) in [4.78, 5) is 19.8. The molecule has 25 heavy (non-hydrogen) atoms. The van der Waals surface area contributed by atoms with E-state index < -0.39 is 16.6 Å². The summed E-state index contributed by atoms with van der Waals surface area (Å²) >= 11 is 0. The molecule has 2 aromatic carbocycles. The van der Waals surface area contributed by atoms with Crippen LogP contribution in [-0.4, -0.2) is 26.8 Å². The van der Waals surface area contributed by atoms with Gasteiger partial charge in [0.1, 0.15) is 5.82 Å². The van der Waals surface area contributed by atoms with E-state index in [0.29, 0.717) is 29.0 Å². The quantitative estimate of drug-likeness (QED) is 0.561. The van der Waals surface area contributed by atoms with Crippen LogP contribution in [0.3, 0.4) is 0 Å². The van der Waals surface area contributed by atoms with Gasteiger partial charge >= 0.3 is 0 Å². The molecular weight excluding hydrogens is 330 g/mol. The molecule has 8 heteroatoms. The van der Waals surface area contributed by atoms with E-state index >= 15 is 0 Å². The Balaban J connectivity index is 1.79. The highest BCUT2D eigenvalue weighted by Gasteiger charge is 2.16. The number of halogens is 2. The number of imidazole rings is 1. The van der Waals surface area contributed by atoms with Crippen LogP contribution in [0.25, 0.3) is 11.0 Å². The van der Waals surface area contributed by atoms with E-state index in [9.17, 15) is 18.9 Å². The van der Waals surface area contributed by atoms with E-state index in [1.54, 1.807) is 12.1 Å². The second-order valence-corrected chi connectivity index (χ2v) is 5.91. The number of nitrogens with one attached hydrogen (secondary N) is 1. The lowest BCUT2D eigenvalue weighted by molar-refractivity contribution is -0.384. The third-order valence-electron chi connectivity index (χ3n) is 4.21. The third kappa shape index (κ3) is 3.48. The highest BCUT2D eigenvalue weighted by atomic mass is 19.2. The number of rotatable bonds is 5. The summed E-state index contributed by atoms with van der Waals surface area (Å²) in [7, 11) is 1.83. The summed E-state index contributed by atoms with van der Waals surface area (Å²) in [5.74, 6) is -1.13. The van der Waals surface area contributed by atoms with E-state index in [2.05, 4.69) is 9.97 Å². The highest BCUT2D eigenvalue weighted by molar-refractivity contribution is 5.77. The van der Waals surface area contributed by atoms with Crippen molar-refractivity contribution < 1.29 is 13.7 Å². The lowest BCUT2D eigenvalue weighted by Crippen LogP contribution is -2.22. The van der Waals surface area contributed by atoms with Crippen molar-refractivity contribution in [2.45, 2.75) is 19.5 Å². The van der Waals surface area contributed by atoms with Crippen LogP contribution in [0.2, 0.25) is 0 Å². The number of benzene rings is 2. The van der Waals surface area contributed by atoms with Crippen LogP contribution in [0.15, 0.2) is 36.4 Å². The second-order valence-electron chi connectivity index (χ2n) is 5.91. The van der Waals surface area contributed by atoms with Crippen molar-refractivity contribution >= 4 is 16.7 Å². The molecule has 0 radical (unpaired) electrons. The summed E-state index contributed by atoms with van der Waals surface area (Å²) < 4.78 is 26.5. The molecule has 0 amide bonds. The summed E-state index contributed by atoms with van der Waals surface area (Å²) in [6, 6.07) is 8.09. The first-order valence-electron chi connectivity index (χ1n) is 7.63. The van der Waals surface area contributed by atoms with Crippen molar-refractivity contribution in [3.05, 3.63) is 69.5 Å². The van der Waals surface area contributed by atoms with Gasteiger partial charge in [-0.3, -0.25) is 15.0 Å². The molecule has 0 unspecified atom stereocenters. The molecule has 3 rings (SSSR count). The Morgan fingerprint density at radius 2 is 2.00 bits per heavy atom. The Hall–Kier alpha value is -2.87. The monoisotopic (exact) mass is 346 g/mol. The molecule has 1 atom stereocenters. The first kappa shape index (κ1) is 17.0. The summed E-state index contributed by atoms with van der Waals surface area (Å²) in [5.41, 5.74) is 1.85. The fourth-order valence-electron chi connectivity index (χ4n) is 2.64. The fourth-order valence-corrected chi connectivity index (χ4v) is 2.64. The van der Waals surface area contributed by atoms with Gasteiger partial charge in [-0.05, 0) is 37.7 Å². The standard InChI is InChI=1S/C17H16F2N4O2/c1-10(11-3-5-13(18)14(19)7-11)22(2)9-17-20-15-6-4-12(23(24)25)8-16(15)21-17/h3-8,10H,9H2,1-2H3,(H,20,21)/t10-/m0/s1. The molecule has 0 aliphatic carbocycles. The topological polar surface area (TPSA) is 75.1 Å². The van der Waals surface area contributed by atoms with Crippen molar-refractivity contribution in [1.29, 1.82) is 0 Å². The molecule has 1 aromatic heterocycles. The van der Waals surface area contributed by atoms with E-state index in [1.165, 1.54) is 18.2 Å². The average molecular weight is 346 g/mol. The minimum absolute atomic E-state index is 0.00814. The predicted molar refractivity (Wildman–Crippen MR) is 89.0 cm³/mol. The molecular formula is C17H16F2N4O2. The van der Waals surface area contributed by atoms with E-state index in [4.69, 9.17) is 0 Å². The Kier molecular flexibility index (Phi) is 4.45. The van der Waals surface area contributed by atoms with Crippen molar-refractivity contribution in [2.24, 2.45) is 0 Å². The van der Waals surface area contributed by atoms with Gasteiger partial charge in [0.15, 0.2) is 11.6 Å². The van der Waals surface area contributed by atoms with Crippen molar-refractivity contribution in [3.63, 3.8) is 0 Å². The lowest BCUT2D eigenvalue weighted by Gasteiger charge is -2.24. The van der Waals surface area contributed by atoms with Crippen LogP contribution in [0.5, 0.6) is 0 Å². The van der Waals surface area contributed by atoms with Gasteiger partial charge < -0.3 is 4.98 Å². The summed E-state index contributed by atoms with van der Waals surface area (Å²) in [5, 5.41) is 10.8. The summed E-state index contributed by atoms with van der Waals surface area (Å²) in [6.07, 6.45) is 0. The zero-order valence-electron chi connectivity index (χ0n) is 13.7. The van der Waals surface area contributed by atoms with E-state index in [0.717, 1.165) is 6.07 Å². The van der Waals surface area contributed by atoms with Gasteiger partial charge in [0, 0.05) is 18.2 Å². The average Bonchev–Trinajstić information content (AvgIpc) is 2.97. The number of fused-ring (bicyclic) bond motifs is 1. The number of aromatic amines is 1. The molecule has 1 N–H and O–H groups in total. The van der Waals surface area contributed by atoms with Crippen LogP contribution >= 0.6 is 0 Å². The fraction of sp³-hybridized carbons (Fsp3) is 0.235. The van der Waals surface area contributed by atoms with Crippen LogP contribution in [0.1, 0.15) is 24.4 Å². The largest absolute Gasteiger partial charge is 0.341 e. The zero-order valence-corrected chi connectivity index (χ0v) is 13.7. The maximum Gasteiger partial charge on any atom is 0.271 e. The van der Waals surface area contributed by atoms with Gasteiger partial charge in [0.05, 0.1) is 22.5 Å². The van der Waals surface area contributed by atoms with Gasteiger partial charge in [-0.15, -0.1) is 0 Å². The van der Waals surface area contributed by atoms with Gasteiger partial charge in [-0.25, -0.2) is 13.8 Å². The van der Waals surface area contributed by atoms with Crippen molar-refractivity contribution in [3.8, 4) is 0 Å². The normalized spacial score (nSPS) is 12.7. The second kappa shape index (κ2) is 6.56. The Morgan fingerprint density at radius 3 is 2.68 bits per heavy atom. The molecule has 6 nitrogen and oxygen atoms in total. The maximum absolute atomic E-state index is 13.4. The van der Waals surface area contributed by atoms with E-state index in [1.807, 2.05) is 18.9 Å². The molecule has 0 saturated carbocycles. The third-order valence-corrected chi connectivity index (χ3v) is 4.21. The number of hydrogen-bond donors (Lipinski definition) is 1. The van der Waals surface area contributed by atoms with Crippen LogP contribution in [0, 0.1) is 21.7 Å². The molecule has 130 valence electrons. The van der Waals surface area contributed by atoms with Gasteiger partial charge in [0.2, 0.25) is 0 Å². The maximum atomic E-state index is 13.4. The SMILES string of the molecule is C[C@@H](c1ccc(F)c(F)c1)N(C)Cc1nc2ccc([N+](=O)[O-])cc2[nH]1. The first-order chi connectivity index (χ1) is 11.8. The lowest BCUT2D eigenvalue weighted by atomic mass is 10.1. The number of hydrogen-bond acceptors (Lipinski definition) is 4. The molecule has 0 aliphatic rings. The molecule has 1 heterocycles. The molecule has 0 saturated heterocycles. The highest BCUT2D eigenvalue weighted by Crippen LogP contribution is 2.23. The number of nitro groups is 1. The smallest absolute Gasteiger partial charge is 0.271 e. The number of nitro benzene ring substituents is 1. The predicted octanol–water partition coefficient (Wildman–Crippen LogP) is 3.94. The Labute approximate surface area is 142 Å². The number of non-ortho nitro benzene ring substituents is 1. The minimum Gasteiger partial charge on any atom is -0.341 e. The Morgan fingerprint density at radius 1 is 1.24 bits per heavy atom. The van der Waals surface area contributed by atoms with Crippen LogP contribution in [0.4, 0.5) is 14.5 Å². The molecule has 3 aromatic rings. The molecule has 0 fully saturated rings. The van der Waals surface area contributed by atoms with Gasteiger partial charge in [0.25, 0.3) is 5.69 Å². The number of aromatic nitrogens is 2. The minimum atomic E-state index is -0.881. The first-order valence-corrected chi connectivity index (χ1v) is 7.63. The zero-order chi connectivity index (χ0) is 18.1. The van der Waals surface area contributed by atoms with Crippen molar-refractivity contribution in [1.82, 2.24) is 14.9 Å². The molecule has 0 bridgehead atoms. The molecule has 0 spiro atoms. The van der Waals surface area contributed by atoms with Gasteiger partial charge in [-0.1, -0.05) is 6.07 Å². The number of nitrogens with zero attached hydrogens (tertiary/aromatic N) is 3. The molecule has 0 aliphatic heterocycles. The van der Waals surface area contributed by atoms with E-state index in [-0.39, 0.29) is 11.7 Å². The van der Waals surface area contributed by atoms with Crippen molar-refractivity contribution in [2.75, 3.05) is 7.05 Å². The number of H-pyrrole nitrogens is 1.